The summed E-state index contributed by atoms with van der Waals surface area (Å²) in [7, 11) is 2.49. The molecule has 0 aromatic carbocycles. The fraction of sp³-hybridized carbons (Fsp3) is 0.500. The second-order valence-electron chi connectivity index (χ2n) is 0.508. The number of hydrogen-bond acceptors (Lipinski definition) is 2. The summed E-state index contributed by atoms with van der Waals surface area (Å²) in [5.74, 6) is 0. The van der Waals surface area contributed by atoms with Gasteiger partial charge in [0.25, 0.3) is 0 Å². The van der Waals surface area contributed by atoms with Gasteiger partial charge < -0.3 is 9.45 Å². The molecule has 0 spiro atoms. The molecule has 0 bridgehead atoms. The first-order chi connectivity index (χ1) is 2.41. The van der Waals surface area contributed by atoms with Crippen LogP contribution < -0.4 is 0 Å². The Kier molecular flexibility index (Phi) is 3.47. The van der Waals surface area contributed by atoms with Crippen LogP contribution in [0.3, 0.4) is 0 Å². The highest BCUT2D eigenvalue weighted by Gasteiger charge is 1.73. The van der Waals surface area contributed by atoms with Crippen molar-refractivity contribution in [1.82, 2.24) is 0 Å². The Morgan fingerprint density at radius 3 is 2.60 bits per heavy atom. The summed E-state index contributed by atoms with van der Waals surface area (Å²) < 4.78 is 4.20. The summed E-state index contributed by atoms with van der Waals surface area (Å²) in [4.78, 5) is 9.22. The van der Waals surface area contributed by atoms with Crippen LogP contribution >= 0.6 is 0 Å². The Bertz CT molecular complexity index is 28.8. The van der Waals surface area contributed by atoms with Gasteiger partial charge in [-0.05, 0) is 0 Å². The summed E-state index contributed by atoms with van der Waals surface area (Å²) in [6.45, 7) is 0. The Morgan fingerprint density at radius 1 is 2.00 bits per heavy atom. The van der Waals surface area contributed by atoms with Gasteiger partial charge in [-0.25, -0.2) is 0 Å². The lowest BCUT2D eigenvalue weighted by atomic mass is 10.1. The molecule has 0 aliphatic rings. The molecule has 0 N–H and O–H groups in total. The van der Waals surface area contributed by atoms with Crippen LogP contribution in [0.5, 0.6) is 0 Å². The highest BCUT2D eigenvalue weighted by Crippen LogP contribution is 1.44. The summed E-state index contributed by atoms with van der Waals surface area (Å²) in [6.07, 6.45) is 0.583. The van der Waals surface area contributed by atoms with Crippen LogP contribution in [0.25, 0.3) is 0 Å². The molecule has 1 radical (unpaired) electrons. The molecule has 0 aromatic rings. The third-order valence-electron chi connectivity index (χ3n) is 0.192. The molecule has 0 saturated heterocycles. The van der Waals surface area contributed by atoms with Crippen LogP contribution in [0.1, 0.15) is 0 Å². The average molecular weight is 70.9 g/mol. The number of rotatable bonds is 2. The minimum Gasteiger partial charge on any atom is -0.435 e. The van der Waals surface area contributed by atoms with Crippen LogP contribution in [0.15, 0.2) is 0 Å². The molecule has 0 heterocycles. The number of carbonyl (C=O) groups excluding carboxylic acids is 1. The smallest absolute Gasteiger partial charge is 0.371 e. The molecule has 0 fully saturated rings. The van der Waals surface area contributed by atoms with Crippen molar-refractivity contribution in [2.24, 2.45) is 0 Å². The second kappa shape index (κ2) is 3.69. The van der Waals surface area contributed by atoms with Gasteiger partial charge in [0, 0.05) is 7.11 Å². The monoisotopic (exact) mass is 71.0 g/mol. The van der Waals surface area contributed by atoms with E-state index in [2.05, 4.69) is 4.65 Å². The zero-order valence-corrected chi connectivity index (χ0v) is 2.97. The molecule has 0 aliphatic heterocycles. The molecule has 0 aromatic heterocycles. The first-order valence-corrected chi connectivity index (χ1v) is 1.21. The first-order valence-electron chi connectivity index (χ1n) is 1.21. The molecule has 5 heavy (non-hydrogen) atoms. The fourth-order valence-corrected chi connectivity index (χ4v) is 0.0556. The van der Waals surface area contributed by atoms with Gasteiger partial charge in [-0.2, -0.15) is 0 Å². The van der Waals surface area contributed by atoms with Crippen molar-refractivity contribution in [1.29, 1.82) is 0 Å². The van der Waals surface area contributed by atoms with Crippen molar-refractivity contribution in [3.05, 3.63) is 0 Å². The largest absolute Gasteiger partial charge is 0.435 e. The van der Waals surface area contributed by atoms with Crippen molar-refractivity contribution in [2.45, 2.75) is 0 Å². The molecule has 0 atom stereocenters. The average Bonchev–Trinajstić information content (AvgIpc) is 1.41. The Balaban J connectivity index is 2.40. The van der Waals surface area contributed by atoms with E-state index < -0.39 is 0 Å². The molecule has 3 heteroatoms. The van der Waals surface area contributed by atoms with E-state index in [9.17, 15) is 4.79 Å². The summed E-state index contributed by atoms with van der Waals surface area (Å²) >= 11 is 0. The number of hydrogen-bond donors (Lipinski definition) is 0. The standard InChI is InChI=1S/C2H4BO2/c1-5-3-2-4/h2H,1H3. The van der Waals surface area contributed by atoms with Crippen LogP contribution in [-0.4, -0.2) is 20.8 Å². The van der Waals surface area contributed by atoms with Gasteiger partial charge in [-0.3, -0.25) is 0 Å². The van der Waals surface area contributed by atoms with E-state index in [0.717, 1.165) is 7.48 Å². The van der Waals surface area contributed by atoms with Crippen LogP contribution in [0.4, 0.5) is 0 Å². The zero-order valence-electron chi connectivity index (χ0n) is 2.97. The van der Waals surface area contributed by atoms with Crippen molar-refractivity contribution in [3.8, 4) is 0 Å². The molecule has 0 saturated carbocycles. The van der Waals surface area contributed by atoms with Crippen LogP contribution in [0, 0.1) is 0 Å². The van der Waals surface area contributed by atoms with Gasteiger partial charge in [0.05, 0.1) is 0 Å². The maximum Gasteiger partial charge on any atom is 0.371 e. The summed E-state index contributed by atoms with van der Waals surface area (Å²) in [5, 5.41) is 0. The van der Waals surface area contributed by atoms with Gasteiger partial charge in [-0.15, -0.1) is 0 Å². The van der Waals surface area contributed by atoms with E-state index >= 15 is 0 Å². The second-order valence-corrected chi connectivity index (χ2v) is 0.508. The predicted molar refractivity (Wildman–Crippen MR) is 19.5 cm³/mol. The highest BCUT2D eigenvalue weighted by atomic mass is 16.4. The van der Waals surface area contributed by atoms with Gasteiger partial charge in [0.1, 0.15) is 6.19 Å². The summed E-state index contributed by atoms with van der Waals surface area (Å²) in [6, 6.07) is 0. The lowest BCUT2D eigenvalue weighted by Crippen LogP contribution is -1.91. The number of carbonyl (C=O) groups is 1. The quantitative estimate of drug-likeness (QED) is 0.322. The fourth-order valence-electron chi connectivity index (χ4n) is 0.0556. The van der Waals surface area contributed by atoms with E-state index in [0.29, 0.717) is 6.19 Å². The normalized spacial score (nSPS) is 6.60. The molecule has 0 amide bonds. The molecular formula is C2H4BO2. The molecule has 0 unspecified atom stereocenters. The van der Waals surface area contributed by atoms with Crippen molar-refractivity contribution < 1.29 is 9.45 Å². The van der Waals surface area contributed by atoms with Crippen molar-refractivity contribution in [2.75, 3.05) is 7.11 Å². The van der Waals surface area contributed by atoms with Gasteiger partial charge in [0.2, 0.25) is 0 Å². The van der Waals surface area contributed by atoms with E-state index in [1.807, 2.05) is 0 Å². The van der Waals surface area contributed by atoms with E-state index in [1.54, 1.807) is 0 Å². The SMILES string of the molecule is CO[B]C=O. The highest BCUT2D eigenvalue weighted by molar-refractivity contribution is 6.61. The molecule has 0 rings (SSSR count). The maximum absolute atomic E-state index is 9.22. The summed E-state index contributed by atoms with van der Waals surface area (Å²) in [5.41, 5.74) is 0. The molecule has 27 valence electrons. The Labute approximate surface area is 31.4 Å². The first kappa shape index (κ1) is 4.69. The maximum atomic E-state index is 9.22. The lowest BCUT2D eigenvalue weighted by molar-refractivity contribution is 0.447. The third kappa shape index (κ3) is 3.69. The van der Waals surface area contributed by atoms with Crippen LogP contribution in [-0.2, 0) is 9.45 Å². The minimum absolute atomic E-state index is 0.583. The van der Waals surface area contributed by atoms with E-state index in [4.69, 9.17) is 0 Å². The van der Waals surface area contributed by atoms with Crippen LogP contribution in [0.2, 0.25) is 0 Å². The van der Waals surface area contributed by atoms with Gasteiger partial charge >= 0.3 is 7.48 Å². The topological polar surface area (TPSA) is 26.3 Å². The molecule has 2 nitrogen and oxygen atoms in total. The Morgan fingerprint density at radius 2 is 2.60 bits per heavy atom. The Hall–Kier alpha value is -0.305. The molecule has 0 aliphatic carbocycles. The minimum atomic E-state index is 0.583. The zero-order chi connectivity index (χ0) is 4.12. The third-order valence-corrected chi connectivity index (χ3v) is 0.192. The van der Waals surface area contributed by atoms with Gasteiger partial charge in [-0.1, -0.05) is 0 Å². The van der Waals surface area contributed by atoms with Crippen molar-refractivity contribution in [3.63, 3.8) is 0 Å². The van der Waals surface area contributed by atoms with Crippen molar-refractivity contribution >= 4 is 13.7 Å². The van der Waals surface area contributed by atoms with E-state index in [1.165, 1.54) is 7.11 Å². The predicted octanol–water partition coefficient (Wildman–Crippen LogP) is -0.558. The van der Waals surface area contributed by atoms with Gasteiger partial charge in [0.15, 0.2) is 0 Å². The van der Waals surface area contributed by atoms with E-state index in [-0.39, 0.29) is 0 Å². The lowest BCUT2D eigenvalue weighted by Gasteiger charge is -1.72. The molecular weight excluding hydrogens is 66.8 g/mol.